The number of hydrogen-bond acceptors (Lipinski definition) is 3. The molecule has 5 unspecified atom stereocenters. The third kappa shape index (κ3) is 6.55. The van der Waals surface area contributed by atoms with Crippen molar-refractivity contribution in [3.8, 4) is 0 Å². The first-order valence-electron chi connectivity index (χ1n) is 10.5. The van der Waals surface area contributed by atoms with Gasteiger partial charge in [-0.25, -0.2) is 0 Å². The zero-order valence-corrected chi connectivity index (χ0v) is 16.1. The van der Waals surface area contributed by atoms with Crippen LogP contribution < -0.4 is 0 Å². The van der Waals surface area contributed by atoms with E-state index in [1.54, 1.807) is 0 Å². The minimum Gasteiger partial charge on any atom is -0.481 e. The summed E-state index contributed by atoms with van der Waals surface area (Å²) in [4.78, 5) is 10.6. The van der Waals surface area contributed by atoms with Crippen molar-refractivity contribution in [2.24, 2.45) is 17.8 Å². The lowest BCUT2D eigenvalue weighted by Crippen LogP contribution is -2.18. The fraction of sp³-hybridized carbons (Fsp3) is 0.773. The topological polar surface area (TPSA) is 77.8 Å². The number of fused-ring (bicyclic) bond motifs is 1. The largest absolute Gasteiger partial charge is 0.481 e. The SMILES string of the molecule is CCCCCCC(O)/C=C/C1C(O)CC2C=C(CCCCC(=O)O)CC21. The lowest BCUT2D eigenvalue weighted by atomic mass is 9.88. The lowest BCUT2D eigenvalue weighted by molar-refractivity contribution is -0.137. The van der Waals surface area contributed by atoms with Gasteiger partial charge in [-0.15, -0.1) is 0 Å². The zero-order chi connectivity index (χ0) is 18.9. The Morgan fingerprint density at radius 1 is 1.27 bits per heavy atom. The Bertz CT molecular complexity index is 496. The van der Waals surface area contributed by atoms with E-state index in [4.69, 9.17) is 5.11 Å². The van der Waals surface area contributed by atoms with Crippen LogP contribution in [-0.2, 0) is 4.79 Å². The summed E-state index contributed by atoms with van der Waals surface area (Å²) in [5.41, 5.74) is 1.43. The van der Waals surface area contributed by atoms with Crippen LogP contribution in [0.4, 0.5) is 0 Å². The molecule has 0 bridgehead atoms. The maximum atomic E-state index is 10.6. The molecule has 0 spiro atoms. The first-order valence-corrected chi connectivity index (χ1v) is 10.5. The highest BCUT2D eigenvalue weighted by Gasteiger charge is 2.43. The van der Waals surface area contributed by atoms with Gasteiger partial charge in [-0.3, -0.25) is 4.79 Å². The van der Waals surface area contributed by atoms with Crippen LogP contribution in [0.2, 0.25) is 0 Å². The minimum absolute atomic E-state index is 0.137. The fourth-order valence-corrected chi connectivity index (χ4v) is 4.55. The number of carboxylic acids is 1. The second-order valence-electron chi connectivity index (χ2n) is 8.14. The summed E-state index contributed by atoms with van der Waals surface area (Å²) < 4.78 is 0. The Balaban J connectivity index is 1.76. The van der Waals surface area contributed by atoms with E-state index in [2.05, 4.69) is 19.1 Å². The lowest BCUT2D eigenvalue weighted by Gasteiger charge is -2.19. The van der Waals surface area contributed by atoms with Gasteiger partial charge >= 0.3 is 5.97 Å². The highest BCUT2D eigenvalue weighted by molar-refractivity contribution is 5.66. The molecule has 4 heteroatoms. The molecule has 0 aromatic heterocycles. The maximum absolute atomic E-state index is 10.6. The van der Waals surface area contributed by atoms with E-state index >= 15 is 0 Å². The van der Waals surface area contributed by atoms with Gasteiger partial charge in [-0.05, 0) is 50.4 Å². The van der Waals surface area contributed by atoms with Crippen LogP contribution in [0.5, 0.6) is 0 Å². The molecule has 3 N–H and O–H groups in total. The molecule has 2 aliphatic carbocycles. The maximum Gasteiger partial charge on any atom is 0.303 e. The Labute approximate surface area is 158 Å². The summed E-state index contributed by atoms with van der Waals surface area (Å²) in [5.74, 6) is 0.306. The zero-order valence-electron chi connectivity index (χ0n) is 16.1. The van der Waals surface area contributed by atoms with Gasteiger partial charge in [0.25, 0.3) is 0 Å². The van der Waals surface area contributed by atoms with Gasteiger partial charge < -0.3 is 15.3 Å². The molecule has 0 aliphatic heterocycles. The number of carbonyl (C=O) groups is 1. The summed E-state index contributed by atoms with van der Waals surface area (Å²) in [6.07, 6.45) is 15.7. The molecule has 2 aliphatic rings. The molecule has 4 nitrogen and oxygen atoms in total. The molecule has 0 aromatic carbocycles. The van der Waals surface area contributed by atoms with Crippen molar-refractivity contribution in [1.29, 1.82) is 0 Å². The van der Waals surface area contributed by atoms with Crippen LogP contribution in [-0.4, -0.2) is 33.5 Å². The number of allylic oxidation sites excluding steroid dienone is 2. The first kappa shape index (κ1) is 21.2. The highest BCUT2D eigenvalue weighted by Crippen LogP contribution is 2.48. The van der Waals surface area contributed by atoms with E-state index < -0.39 is 12.1 Å². The molecule has 0 amide bonds. The summed E-state index contributed by atoms with van der Waals surface area (Å²) in [5, 5.41) is 29.2. The third-order valence-corrected chi connectivity index (χ3v) is 6.00. The summed E-state index contributed by atoms with van der Waals surface area (Å²) in [6, 6.07) is 0. The van der Waals surface area contributed by atoms with E-state index in [1.807, 2.05) is 6.08 Å². The number of unbranched alkanes of at least 4 members (excludes halogenated alkanes) is 4. The number of aliphatic hydroxyl groups is 2. The molecule has 0 saturated heterocycles. The Morgan fingerprint density at radius 3 is 2.81 bits per heavy atom. The van der Waals surface area contributed by atoms with Gasteiger partial charge in [0, 0.05) is 12.3 Å². The number of carboxylic acid groups (broad SMARTS) is 1. The van der Waals surface area contributed by atoms with Crippen molar-refractivity contribution in [2.45, 2.75) is 89.8 Å². The van der Waals surface area contributed by atoms with Crippen molar-refractivity contribution in [3.05, 3.63) is 23.8 Å². The van der Waals surface area contributed by atoms with Crippen molar-refractivity contribution in [2.75, 3.05) is 0 Å². The number of aliphatic carboxylic acids is 1. The smallest absolute Gasteiger partial charge is 0.303 e. The van der Waals surface area contributed by atoms with Gasteiger partial charge in [0.2, 0.25) is 0 Å². The summed E-state index contributed by atoms with van der Waals surface area (Å²) in [6.45, 7) is 2.18. The van der Waals surface area contributed by atoms with Crippen LogP contribution in [0, 0.1) is 17.8 Å². The second-order valence-corrected chi connectivity index (χ2v) is 8.14. The predicted molar refractivity (Wildman–Crippen MR) is 104 cm³/mol. The van der Waals surface area contributed by atoms with Gasteiger partial charge in [-0.1, -0.05) is 56.4 Å². The fourth-order valence-electron chi connectivity index (χ4n) is 4.55. The molecule has 26 heavy (non-hydrogen) atoms. The van der Waals surface area contributed by atoms with Crippen molar-refractivity contribution >= 4 is 5.97 Å². The van der Waals surface area contributed by atoms with Gasteiger partial charge in [-0.2, -0.15) is 0 Å². The van der Waals surface area contributed by atoms with Gasteiger partial charge in [0.15, 0.2) is 0 Å². The van der Waals surface area contributed by atoms with Crippen LogP contribution in [0.1, 0.15) is 77.6 Å². The molecular weight excluding hydrogens is 328 g/mol. The number of rotatable bonds is 12. The quantitative estimate of drug-likeness (QED) is 0.353. The van der Waals surface area contributed by atoms with Gasteiger partial charge in [0.05, 0.1) is 12.2 Å². The first-order chi connectivity index (χ1) is 12.5. The standard InChI is InChI=1S/C22H36O4/c1-2-3-4-5-9-18(23)11-12-19-20-14-16(8-6-7-10-22(25)26)13-17(20)15-21(19)24/h11-13,17-21,23-24H,2-10,14-15H2,1H3,(H,25,26)/b12-11+. The number of hydrogen-bond donors (Lipinski definition) is 3. The van der Waals surface area contributed by atoms with Crippen molar-refractivity contribution in [3.63, 3.8) is 0 Å². The predicted octanol–water partition coefficient (Wildman–Crippen LogP) is 4.46. The van der Waals surface area contributed by atoms with Crippen molar-refractivity contribution < 1.29 is 20.1 Å². The molecule has 148 valence electrons. The molecule has 0 heterocycles. The van der Waals surface area contributed by atoms with E-state index in [0.717, 1.165) is 44.9 Å². The van der Waals surface area contributed by atoms with Gasteiger partial charge in [0.1, 0.15) is 0 Å². The highest BCUT2D eigenvalue weighted by atomic mass is 16.4. The summed E-state index contributed by atoms with van der Waals surface area (Å²) >= 11 is 0. The molecule has 1 fully saturated rings. The van der Waals surface area contributed by atoms with Crippen LogP contribution >= 0.6 is 0 Å². The summed E-state index contributed by atoms with van der Waals surface area (Å²) in [7, 11) is 0. The van der Waals surface area contributed by atoms with E-state index in [-0.39, 0.29) is 18.4 Å². The third-order valence-electron chi connectivity index (χ3n) is 6.00. The average Bonchev–Trinajstić information content (AvgIpc) is 3.10. The molecule has 1 saturated carbocycles. The Morgan fingerprint density at radius 2 is 2.08 bits per heavy atom. The monoisotopic (exact) mass is 364 g/mol. The van der Waals surface area contributed by atoms with E-state index in [0.29, 0.717) is 11.8 Å². The van der Waals surface area contributed by atoms with Crippen LogP contribution in [0.25, 0.3) is 0 Å². The molecule has 0 radical (unpaired) electrons. The Kier molecular flexibility index (Phi) is 8.86. The molecular formula is C22H36O4. The van der Waals surface area contributed by atoms with Crippen LogP contribution in [0.3, 0.4) is 0 Å². The second kappa shape index (κ2) is 10.9. The van der Waals surface area contributed by atoms with E-state index in [9.17, 15) is 15.0 Å². The number of aliphatic hydroxyl groups excluding tert-OH is 2. The minimum atomic E-state index is -0.719. The van der Waals surface area contributed by atoms with Crippen LogP contribution in [0.15, 0.2) is 23.8 Å². The Hall–Kier alpha value is -1.13. The average molecular weight is 365 g/mol. The van der Waals surface area contributed by atoms with E-state index in [1.165, 1.54) is 24.8 Å². The molecule has 2 rings (SSSR count). The molecule has 5 atom stereocenters. The van der Waals surface area contributed by atoms with Crippen molar-refractivity contribution in [1.82, 2.24) is 0 Å². The normalized spacial score (nSPS) is 29.1. The molecule has 0 aromatic rings.